The molecule has 2 amide bonds. The first kappa shape index (κ1) is 16.0. The fraction of sp³-hybridized carbons (Fsp3) is 0.438. The number of benzene rings is 1. The first-order valence-corrected chi connectivity index (χ1v) is 7.27. The van der Waals surface area contributed by atoms with E-state index >= 15 is 0 Å². The summed E-state index contributed by atoms with van der Waals surface area (Å²) in [5.74, 6) is -1.26. The molecule has 2 rings (SSSR count). The minimum absolute atomic E-state index is 0.133. The summed E-state index contributed by atoms with van der Waals surface area (Å²) in [4.78, 5) is 37.9. The molecule has 1 fully saturated rings. The number of likely N-dealkylation sites (N-methyl/N-ethyl adjacent to an activating group) is 1. The monoisotopic (exact) mass is 304 g/mol. The van der Waals surface area contributed by atoms with Crippen LogP contribution in [0.3, 0.4) is 0 Å². The van der Waals surface area contributed by atoms with Crippen LogP contribution in [0.2, 0.25) is 0 Å². The maximum atomic E-state index is 12.3. The highest BCUT2D eigenvalue weighted by Crippen LogP contribution is 2.16. The number of carbonyl (C=O) groups excluding carboxylic acids is 2. The Morgan fingerprint density at radius 2 is 2.14 bits per heavy atom. The van der Waals surface area contributed by atoms with Crippen LogP contribution >= 0.6 is 0 Å². The molecule has 1 saturated heterocycles. The third kappa shape index (κ3) is 3.44. The second kappa shape index (κ2) is 6.60. The molecule has 22 heavy (non-hydrogen) atoms. The Bertz CT molecular complexity index is 600. The lowest BCUT2D eigenvalue weighted by atomic mass is 10.1. The topological polar surface area (TPSA) is 77.9 Å². The van der Waals surface area contributed by atoms with E-state index in [9.17, 15) is 14.4 Å². The summed E-state index contributed by atoms with van der Waals surface area (Å²) in [7, 11) is 1.47. The van der Waals surface area contributed by atoms with Crippen LogP contribution in [0.1, 0.15) is 35.7 Å². The summed E-state index contributed by atoms with van der Waals surface area (Å²) in [6.07, 6.45) is 1.45. The number of nitrogens with zero attached hydrogens (tertiary/aromatic N) is 2. The molecule has 6 nitrogen and oxygen atoms in total. The number of hydrogen-bond donors (Lipinski definition) is 1. The molecular formula is C16H20N2O4. The number of carboxylic acids is 1. The van der Waals surface area contributed by atoms with Gasteiger partial charge in [0, 0.05) is 32.1 Å². The molecule has 1 aromatic carbocycles. The van der Waals surface area contributed by atoms with Gasteiger partial charge in [0.1, 0.15) is 6.04 Å². The van der Waals surface area contributed by atoms with Gasteiger partial charge in [-0.3, -0.25) is 9.59 Å². The van der Waals surface area contributed by atoms with Crippen LogP contribution in [0.5, 0.6) is 0 Å². The second-order valence-corrected chi connectivity index (χ2v) is 5.55. The predicted molar refractivity (Wildman–Crippen MR) is 80.3 cm³/mol. The van der Waals surface area contributed by atoms with E-state index in [2.05, 4.69) is 0 Å². The van der Waals surface area contributed by atoms with E-state index < -0.39 is 12.0 Å². The van der Waals surface area contributed by atoms with E-state index in [0.717, 1.165) is 18.5 Å². The summed E-state index contributed by atoms with van der Waals surface area (Å²) in [5.41, 5.74) is 1.30. The van der Waals surface area contributed by atoms with E-state index in [-0.39, 0.29) is 11.8 Å². The third-order valence-corrected chi connectivity index (χ3v) is 3.98. The van der Waals surface area contributed by atoms with Crippen molar-refractivity contribution in [1.29, 1.82) is 0 Å². The van der Waals surface area contributed by atoms with Gasteiger partial charge in [0.15, 0.2) is 0 Å². The molecule has 1 aromatic rings. The number of carbonyl (C=O) groups is 3. The normalized spacial score (nSPS) is 15.7. The summed E-state index contributed by atoms with van der Waals surface area (Å²) in [6.45, 7) is 2.69. The molecule has 1 N–H and O–H groups in total. The number of hydrogen-bond acceptors (Lipinski definition) is 3. The number of rotatable bonds is 5. The average molecular weight is 304 g/mol. The highest BCUT2D eigenvalue weighted by Gasteiger charge is 2.24. The van der Waals surface area contributed by atoms with E-state index in [1.54, 1.807) is 23.1 Å². The van der Waals surface area contributed by atoms with Crippen molar-refractivity contribution in [3.63, 3.8) is 0 Å². The Morgan fingerprint density at radius 3 is 2.73 bits per heavy atom. The van der Waals surface area contributed by atoms with Crippen molar-refractivity contribution in [2.45, 2.75) is 32.4 Å². The van der Waals surface area contributed by atoms with Crippen molar-refractivity contribution >= 4 is 17.8 Å². The van der Waals surface area contributed by atoms with Gasteiger partial charge in [-0.15, -0.1) is 0 Å². The SMILES string of the molecule is C[C@@H](C(=O)O)N(C)C(=O)c1cccc(CN2CCCC2=O)c1. The first-order valence-electron chi connectivity index (χ1n) is 7.27. The summed E-state index contributed by atoms with van der Waals surface area (Å²) in [5, 5.41) is 8.98. The van der Waals surface area contributed by atoms with Gasteiger partial charge in [-0.05, 0) is 31.0 Å². The quantitative estimate of drug-likeness (QED) is 0.891. The Kier molecular flexibility index (Phi) is 4.80. The van der Waals surface area contributed by atoms with Gasteiger partial charge in [-0.25, -0.2) is 4.79 Å². The molecular weight excluding hydrogens is 284 g/mol. The summed E-state index contributed by atoms with van der Waals surface area (Å²) in [6, 6.07) is 6.10. The van der Waals surface area contributed by atoms with Crippen LogP contribution < -0.4 is 0 Å². The van der Waals surface area contributed by atoms with Gasteiger partial charge in [-0.2, -0.15) is 0 Å². The summed E-state index contributed by atoms with van der Waals surface area (Å²) >= 11 is 0. The maximum Gasteiger partial charge on any atom is 0.326 e. The molecule has 1 aliphatic heterocycles. The lowest BCUT2D eigenvalue weighted by molar-refractivity contribution is -0.141. The number of amides is 2. The van der Waals surface area contributed by atoms with Crippen molar-refractivity contribution in [1.82, 2.24) is 9.80 Å². The second-order valence-electron chi connectivity index (χ2n) is 5.55. The zero-order valence-electron chi connectivity index (χ0n) is 12.8. The number of aliphatic carboxylic acids is 1. The molecule has 118 valence electrons. The summed E-state index contributed by atoms with van der Waals surface area (Å²) < 4.78 is 0. The maximum absolute atomic E-state index is 12.3. The van der Waals surface area contributed by atoms with Gasteiger partial charge in [0.05, 0.1) is 0 Å². The largest absolute Gasteiger partial charge is 0.480 e. The highest BCUT2D eigenvalue weighted by molar-refractivity contribution is 5.96. The lowest BCUT2D eigenvalue weighted by Gasteiger charge is -2.22. The molecule has 0 radical (unpaired) electrons. The zero-order valence-corrected chi connectivity index (χ0v) is 12.8. The van der Waals surface area contributed by atoms with E-state index in [1.165, 1.54) is 18.9 Å². The van der Waals surface area contributed by atoms with Crippen molar-refractivity contribution in [3.05, 3.63) is 35.4 Å². The van der Waals surface area contributed by atoms with Crippen LogP contribution in [-0.4, -0.2) is 52.3 Å². The van der Waals surface area contributed by atoms with E-state index in [4.69, 9.17) is 5.11 Å². The van der Waals surface area contributed by atoms with Crippen molar-refractivity contribution in [3.8, 4) is 0 Å². The van der Waals surface area contributed by atoms with Gasteiger partial charge in [0.25, 0.3) is 5.91 Å². The number of likely N-dealkylation sites (tertiary alicyclic amines) is 1. The van der Waals surface area contributed by atoms with E-state index in [0.29, 0.717) is 18.5 Å². The van der Waals surface area contributed by atoms with Crippen molar-refractivity contribution in [2.75, 3.05) is 13.6 Å². The zero-order chi connectivity index (χ0) is 16.3. The lowest BCUT2D eigenvalue weighted by Crippen LogP contribution is -2.40. The third-order valence-electron chi connectivity index (χ3n) is 3.98. The minimum atomic E-state index is -1.05. The molecule has 6 heteroatoms. The minimum Gasteiger partial charge on any atom is -0.480 e. The van der Waals surface area contributed by atoms with Gasteiger partial charge in [0.2, 0.25) is 5.91 Å². The highest BCUT2D eigenvalue weighted by atomic mass is 16.4. The molecule has 0 spiro atoms. The Morgan fingerprint density at radius 1 is 1.41 bits per heavy atom. The van der Waals surface area contributed by atoms with Crippen LogP contribution in [0.15, 0.2) is 24.3 Å². The molecule has 1 atom stereocenters. The van der Waals surface area contributed by atoms with Crippen LogP contribution in [0.25, 0.3) is 0 Å². The Labute approximate surface area is 129 Å². The molecule has 0 aliphatic carbocycles. The Balaban J connectivity index is 2.12. The first-order chi connectivity index (χ1) is 10.4. The van der Waals surface area contributed by atoms with Gasteiger partial charge < -0.3 is 14.9 Å². The fourth-order valence-corrected chi connectivity index (χ4v) is 2.44. The van der Waals surface area contributed by atoms with Crippen molar-refractivity contribution in [2.24, 2.45) is 0 Å². The van der Waals surface area contributed by atoms with Gasteiger partial charge >= 0.3 is 5.97 Å². The predicted octanol–water partition coefficient (Wildman–Crippen LogP) is 1.35. The Hall–Kier alpha value is -2.37. The molecule has 1 aliphatic rings. The molecule has 0 aromatic heterocycles. The van der Waals surface area contributed by atoms with E-state index in [1.807, 2.05) is 6.07 Å². The van der Waals surface area contributed by atoms with Crippen LogP contribution in [0.4, 0.5) is 0 Å². The van der Waals surface area contributed by atoms with Crippen LogP contribution in [0, 0.1) is 0 Å². The average Bonchev–Trinajstić information content (AvgIpc) is 2.90. The molecule has 0 saturated carbocycles. The van der Waals surface area contributed by atoms with Crippen LogP contribution in [-0.2, 0) is 16.1 Å². The fourth-order valence-electron chi connectivity index (χ4n) is 2.44. The standard InChI is InChI=1S/C16H20N2O4/c1-11(16(21)22)17(2)15(20)13-6-3-5-12(9-13)10-18-8-4-7-14(18)19/h3,5-6,9,11H,4,7-8,10H2,1-2H3,(H,21,22)/t11-/m0/s1. The molecule has 1 heterocycles. The molecule has 0 bridgehead atoms. The number of carboxylic acid groups (broad SMARTS) is 1. The van der Waals surface area contributed by atoms with Gasteiger partial charge in [-0.1, -0.05) is 12.1 Å². The smallest absolute Gasteiger partial charge is 0.326 e. The van der Waals surface area contributed by atoms with Crippen molar-refractivity contribution < 1.29 is 19.5 Å². The molecule has 0 unspecified atom stereocenters.